The van der Waals surface area contributed by atoms with Gasteiger partial charge in [0.2, 0.25) is 0 Å². The Morgan fingerprint density at radius 1 is 1.11 bits per heavy atom. The number of aromatic nitrogens is 2. The lowest BCUT2D eigenvalue weighted by molar-refractivity contribution is -0.137. The fourth-order valence-electron chi connectivity index (χ4n) is 4.10. The molecule has 0 saturated carbocycles. The smallest absolute Gasteiger partial charge is 0.303 e. The molecule has 200 valence electrons. The number of fused-ring (bicyclic) bond motifs is 1. The number of hydrogen-bond acceptors (Lipinski definition) is 7. The maximum Gasteiger partial charge on any atom is 0.303 e. The van der Waals surface area contributed by atoms with E-state index in [0.717, 1.165) is 51.4 Å². The quantitative estimate of drug-likeness (QED) is 0.171. The topological polar surface area (TPSA) is 104 Å². The predicted octanol–water partition coefficient (Wildman–Crippen LogP) is 5.56. The third kappa shape index (κ3) is 8.39. The number of thiocarbonyl (C=S) groups is 1. The third-order valence-electron chi connectivity index (χ3n) is 6.12. The fraction of sp³-hybridized carbons (Fsp3) is 0.519. The minimum absolute atomic E-state index is 0.166. The molecule has 0 spiro atoms. The van der Waals surface area contributed by atoms with Gasteiger partial charge in [-0.2, -0.15) is 0 Å². The first-order chi connectivity index (χ1) is 17.8. The minimum atomic E-state index is -0.727. The number of carboxylic acids is 1. The van der Waals surface area contributed by atoms with Gasteiger partial charge in [0.1, 0.15) is 15.8 Å². The van der Waals surface area contributed by atoms with Crippen molar-refractivity contribution in [3.63, 3.8) is 0 Å². The van der Waals surface area contributed by atoms with E-state index in [-0.39, 0.29) is 17.9 Å². The molecule has 10 heteroatoms. The highest BCUT2D eigenvalue weighted by Gasteiger charge is 2.32. The molecule has 1 aliphatic rings. The molecule has 0 unspecified atom stereocenters. The molecule has 37 heavy (non-hydrogen) atoms. The van der Waals surface area contributed by atoms with Crippen LogP contribution in [0.5, 0.6) is 0 Å². The standard InChI is InChI=1S/C27H36N4O4S2/c1-19(2)18-28-24-20(25(34)30-15-12-10-13-22(30)29-24)17-21-26(35)31(27(36)37-21)16-11-8-6-4-3-5-7-9-14-23(32)33/h10,12-13,15,17,19,28H,3-9,11,14,16,18H2,1-2H3,(H,32,33)/b21-17+. The van der Waals surface area contributed by atoms with E-state index in [0.29, 0.717) is 45.3 Å². The van der Waals surface area contributed by atoms with Crippen LogP contribution in [0.1, 0.15) is 77.2 Å². The molecule has 0 bridgehead atoms. The number of aliphatic carboxylic acids is 1. The molecule has 0 atom stereocenters. The molecular weight excluding hydrogens is 508 g/mol. The molecule has 1 amide bonds. The van der Waals surface area contributed by atoms with Crippen molar-refractivity contribution >= 4 is 57.7 Å². The number of amides is 1. The average molecular weight is 545 g/mol. The van der Waals surface area contributed by atoms with Gasteiger partial charge < -0.3 is 10.4 Å². The maximum absolute atomic E-state index is 13.3. The van der Waals surface area contributed by atoms with E-state index in [1.807, 2.05) is 6.07 Å². The minimum Gasteiger partial charge on any atom is -0.481 e. The summed E-state index contributed by atoms with van der Waals surface area (Å²) in [7, 11) is 0. The lowest BCUT2D eigenvalue weighted by Crippen LogP contribution is -2.29. The van der Waals surface area contributed by atoms with Crippen LogP contribution in [0.2, 0.25) is 0 Å². The number of thioether (sulfide) groups is 1. The Bertz CT molecular complexity index is 1210. The van der Waals surface area contributed by atoms with Gasteiger partial charge in [-0.1, -0.05) is 82.4 Å². The zero-order valence-electron chi connectivity index (χ0n) is 21.6. The molecule has 0 radical (unpaired) electrons. The molecule has 0 aliphatic carbocycles. The second kappa shape index (κ2) is 14.3. The van der Waals surface area contributed by atoms with Crippen LogP contribution in [0.3, 0.4) is 0 Å². The summed E-state index contributed by atoms with van der Waals surface area (Å²) in [5, 5.41) is 11.9. The molecule has 3 heterocycles. The Morgan fingerprint density at radius 3 is 2.46 bits per heavy atom. The van der Waals surface area contributed by atoms with E-state index in [1.54, 1.807) is 29.3 Å². The van der Waals surface area contributed by atoms with Crippen molar-refractivity contribution in [3.8, 4) is 0 Å². The molecule has 1 fully saturated rings. The zero-order valence-corrected chi connectivity index (χ0v) is 23.2. The average Bonchev–Trinajstić information content (AvgIpc) is 3.12. The van der Waals surface area contributed by atoms with E-state index >= 15 is 0 Å². The van der Waals surface area contributed by atoms with Crippen molar-refractivity contribution in [2.45, 2.75) is 71.6 Å². The summed E-state index contributed by atoms with van der Waals surface area (Å²) in [6, 6.07) is 5.39. The molecule has 2 N–H and O–H groups in total. The Labute approximate surface area is 227 Å². The Balaban J connectivity index is 1.59. The number of anilines is 1. The van der Waals surface area contributed by atoms with Crippen LogP contribution in [0.15, 0.2) is 34.1 Å². The maximum atomic E-state index is 13.3. The Hall–Kier alpha value is -2.72. The van der Waals surface area contributed by atoms with Gasteiger partial charge in [0.25, 0.3) is 11.5 Å². The van der Waals surface area contributed by atoms with Crippen LogP contribution in [0, 0.1) is 5.92 Å². The molecule has 3 rings (SSSR count). The number of carbonyl (C=O) groups excluding carboxylic acids is 1. The molecule has 2 aromatic heterocycles. The number of carbonyl (C=O) groups is 2. The van der Waals surface area contributed by atoms with E-state index in [2.05, 4.69) is 24.1 Å². The van der Waals surface area contributed by atoms with Crippen molar-refractivity contribution in [1.29, 1.82) is 0 Å². The van der Waals surface area contributed by atoms with E-state index in [4.69, 9.17) is 17.3 Å². The summed E-state index contributed by atoms with van der Waals surface area (Å²) in [5.41, 5.74) is 0.669. The number of pyridine rings is 1. The van der Waals surface area contributed by atoms with E-state index < -0.39 is 5.97 Å². The summed E-state index contributed by atoms with van der Waals surface area (Å²) >= 11 is 6.72. The van der Waals surface area contributed by atoms with Gasteiger partial charge in [0.05, 0.1) is 10.5 Å². The lowest BCUT2D eigenvalue weighted by Gasteiger charge is -2.14. The number of unbranched alkanes of at least 4 members (excludes halogenated alkanes) is 7. The van der Waals surface area contributed by atoms with Crippen molar-refractivity contribution in [2.24, 2.45) is 5.92 Å². The van der Waals surface area contributed by atoms with Gasteiger partial charge in [-0.25, -0.2) is 4.98 Å². The molecule has 8 nitrogen and oxygen atoms in total. The van der Waals surface area contributed by atoms with Gasteiger partial charge in [0.15, 0.2) is 0 Å². The first kappa shape index (κ1) is 28.8. The number of carboxylic acid groups (broad SMARTS) is 1. The molecule has 1 saturated heterocycles. The lowest BCUT2D eigenvalue weighted by atomic mass is 10.1. The van der Waals surface area contributed by atoms with Crippen LogP contribution >= 0.6 is 24.0 Å². The Morgan fingerprint density at radius 2 is 1.78 bits per heavy atom. The first-order valence-corrected chi connectivity index (χ1v) is 14.2. The van der Waals surface area contributed by atoms with Crippen LogP contribution in [-0.2, 0) is 9.59 Å². The molecule has 2 aromatic rings. The molecule has 0 aromatic carbocycles. The predicted molar refractivity (Wildman–Crippen MR) is 154 cm³/mol. The zero-order chi connectivity index (χ0) is 26.8. The van der Waals surface area contributed by atoms with Crippen molar-refractivity contribution in [1.82, 2.24) is 14.3 Å². The van der Waals surface area contributed by atoms with Gasteiger partial charge in [-0.3, -0.25) is 23.7 Å². The van der Waals surface area contributed by atoms with Crippen LogP contribution in [-0.4, -0.2) is 48.7 Å². The van der Waals surface area contributed by atoms with Crippen LogP contribution in [0.25, 0.3) is 11.7 Å². The van der Waals surface area contributed by atoms with Gasteiger partial charge in [0, 0.05) is 25.7 Å². The van der Waals surface area contributed by atoms with Crippen LogP contribution < -0.4 is 10.9 Å². The van der Waals surface area contributed by atoms with Gasteiger partial charge >= 0.3 is 5.97 Å². The summed E-state index contributed by atoms with van der Waals surface area (Å²) < 4.78 is 2.00. The summed E-state index contributed by atoms with van der Waals surface area (Å²) in [6.07, 6.45) is 11.5. The number of hydrogen-bond donors (Lipinski definition) is 2. The van der Waals surface area contributed by atoms with Crippen LogP contribution in [0.4, 0.5) is 5.82 Å². The summed E-state index contributed by atoms with van der Waals surface area (Å²) in [4.78, 5) is 43.7. The largest absolute Gasteiger partial charge is 0.481 e. The first-order valence-electron chi connectivity index (χ1n) is 13.0. The van der Waals surface area contributed by atoms with Crippen molar-refractivity contribution in [2.75, 3.05) is 18.4 Å². The van der Waals surface area contributed by atoms with E-state index in [9.17, 15) is 14.4 Å². The number of nitrogens with zero attached hydrogens (tertiary/aromatic N) is 3. The van der Waals surface area contributed by atoms with Gasteiger partial charge in [-0.15, -0.1) is 0 Å². The molecular formula is C27H36N4O4S2. The second-order valence-corrected chi connectivity index (χ2v) is 11.4. The monoisotopic (exact) mass is 544 g/mol. The highest BCUT2D eigenvalue weighted by molar-refractivity contribution is 8.26. The number of rotatable bonds is 15. The summed E-state index contributed by atoms with van der Waals surface area (Å²) in [5.74, 6) is -0.0620. The van der Waals surface area contributed by atoms with E-state index in [1.165, 1.54) is 16.2 Å². The fourth-order valence-corrected chi connectivity index (χ4v) is 5.39. The van der Waals surface area contributed by atoms with Gasteiger partial charge in [-0.05, 0) is 37.0 Å². The number of nitrogens with one attached hydrogen (secondary N) is 1. The SMILES string of the molecule is CC(C)CNc1nc2ccccn2c(=O)c1/C=C1/SC(=S)N(CCCCCCCCCCC(=O)O)C1=O. The third-order valence-corrected chi connectivity index (χ3v) is 7.50. The highest BCUT2D eigenvalue weighted by Crippen LogP contribution is 2.33. The molecule has 1 aliphatic heterocycles. The Kier molecular flexibility index (Phi) is 11.1. The van der Waals surface area contributed by atoms with Crippen molar-refractivity contribution < 1.29 is 14.7 Å². The highest BCUT2D eigenvalue weighted by atomic mass is 32.2. The normalized spacial score (nSPS) is 14.9. The summed E-state index contributed by atoms with van der Waals surface area (Å²) in [6.45, 7) is 5.37. The van der Waals surface area contributed by atoms with Crippen molar-refractivity contribution in [3.05, 3.63) is 45.2 Å². The second-order valence-electron chi connectivity index (χ2n) is 9.69.